The monoisotopic (exact) mass is 386 g/mol. The van der Waals surface area contributed by atoms with Gasteiger partial charge in [-0.05, 0) is 17.7 Å². The van der Waals surface area contributed by atoms with Gasteiger partial charge in [0, 0.05) is 4.90 Å². The molecule has 1 N–H and O–H groups in total. The summed E-state index contributed by atoms with van der Waals surface area (Å²) in [6.45, 7) is 0.442. The lowest BCUT2D eigenvalue weighted by Crippen LogP contribution is -2.42. The molecule has 2 heterocycles. The summed E-state index contributed by atoms with van der Waals surface area (Å²) in [4.78, 5) is 28.0. The molecule has 126 valence electrons. The number of nitrogens with one attached hydrogen (secondary N) is 1. The molecule has 2 atom stereocenters. The van der Waals surface area contributed by atoms with E-state index in [-0.39, 0.29) is 11.8 Å². The van der Waals surface area contributed by atoms with E-state index < -0.39 is 10.5 Å². The predicted octanol–water partition coefficient (Wildman–Crippen LogP) is 3.53. The smallest absolute Gasteiger partial charge is 0.243 e. The highest BCUT2D eigenvalue weighted by molar-refractivity contribution is 8.24. The fraction of sp³-hybridized carbons (Fsp3) is 0.167. The first-order chi connectivity index (χ1) is 12.1. The molecule has 2 aromatic rings. The average molecular weight is 387 g/mol. The van der Waals surface area contributed by atoms with Gasteiger partial charge in [0.05, 0.1) is 12.2 Å². The third-order valence-electron chi connectivity index (χ3n) is 4.07. The lowest BCUT2D eigenvalue weighted by molar-refractivity contribution is -0.128. The second-order valence-electron chi connectivity index (χ2n) is 5.74. The second kappa shape index (κ2) is 6.82. The number of hydrogen-bond donors (Lipinski definition) is 1. The van der Waals surface area contributed by atoms with Crippen LogP contribution < -0.4 is 5.32 Å². The third-order valence-corrected chi connectivity index (χ3v) is 7.25. The molecule has 4 rings (SSSR count). The maximum atomic E-state index is 12.9. The van der Waals surface area contributed by atoms with Crippen LogP contribution in [0.5, 0.6) is 0 Å². The molecule has 0 aromatic heterocycles. The van der Waals surface area contributed by atoms with Crippen LogP contribution in [0.3, 0.4) is 0 Å². The van der Waals surface area contributed by atoms with Gasteiger partial charge in [-0.15, -0.1) is 11.8 Å². The summed E-state index contributed by atoms with van der Waals surface area (Å²) in [6.07, 6.45) is 0. The van der Waals surface area contributed by atoms with Crippen molar-refractivity contribution in [1.82, 2.24) is 4.90 Å². The van der Waals surface area contributed by atoms with Crippen LogP contribution in [0.2, 0.25) is 0 Å². The summed E-state index contributed by atoms with van der Waals surface area (Å²) >= 11 is 8.16. The van der Waals surface area contributed by atoms with Gasteiger partial charge in [0.25, 0.3) is 0 Å². The Morgan fingerprint density at radius 3 is 2.48 bits per heavy atom. The van der Waals surface area contributed by atoms with E-state index in [9.17, 15) is 9.59 Å². The minimum absolute atomic E-state index is 0.0918. The number of amides is 2. The summed E-state index contributed by atoms with van der Waals surface area (Å²) < 4.78 is 0.533. The minimum atomic E-state index is -0.491. The number of carbonyl (C=O) groups is 2. The van der Waals surface area contributed by atoms with Crippen molar-refractivity contribution in [2.24, 2.45) is 0 Å². The molecular formula is C18H14N2O2S3. The van der Waals surface area contributed by atoms with Crippen molar-refractivity contribution >= 4 is 57.6 Å². The molecule has 0 spiro atoms. The predicted molar refractivity (Wildman–Crippen MR) is 106 cm³/mol. The van der Waals surface area contributed by atoms with E-state index in [1.54, 1.807) is 4.90 Å². The zero-order chi connectivity index (χ0) is 17.4. The molecule has 0 radical (unpaired) electrons. The maximum absolute atomic E-state index is 12.9. The van der Waals surface area contributed by atoms with Crippen LogP contribution >= 0.6 is 35.7 Å². The van der Waals surface area contributed by atoms with E-state index in [0.717, 1.165) is 16.1 Å². The number of rotatable bonds is 3. The summed E-state index contributed by atoms with van der Waals surface area (Å²) in [7, 11) is 0. The largest absolute Gasteiger partial charge is 0.324 e. The van der Waals surface area contributed by atoms with Gasteiger partial charge < -0.3 is 5.32 Å². The first-order valence-electron chi connectivity index (χ1n) is 7.76. The lowest BCUT2D eigenvalue weighted by atomic mass is 10.2. The Labute approximate surface area is 159 Å². The van der Waals surface area contributed by atoms with Crippen LogP contribution in [0, 0.1) is 0 Å². The first kappa shape index (κ1) is 16.6. The van der Waals surface area contributed by atoms with Gasteiger partial charge in [-0.25, -0.2) is 0 Å². The fourth-order valence-corrected chi connectivity index (χ4v) is 5.69. The van der Waals surface area contributed by atoms with Gasteiger partial charge in [0.2, 0.25) is 11.8 Å². The van der Waals surface area contributed by atoms with E-state index in [4.69, 9.17) is 12.2 Å². The molecule has 4 nitrogen and oxygen atoms in total. The average Bonchev–Trinajstić information content (AvgIpc) is 2.90. The number of para-hydroxylation sites is 1. The Bertz CT molecular complexity index is 856. The molecule has 2 aliphatic rings. The number of nitrogens with zero attached hydrogens (tertiary/aromatic N) is 1. The molecule has 2 aromatic carbocycles. The number of hydrogen-bond acceptors (Lipinski definition) is 5. The van der Waals surface area contributed by atoms with Gasteiger partial charge in [-0.3, -0.25) is 14.5 Å². The Kier molecular flexibility index (Phi) is 4.54. The van der Waals surface area contributed by atoms with E-state index in [0.29, 0.717) is 10.9 Å². The normalized spacial score (nSPS) is 22.7. The van der Waals surface area contributed by atoms with E-state index in [1.165, 1.54) is 23.5 Å². The number of fused-ring (bicyclic) bond motifs is 1. The molecule has 0 aliphatic carbocycles. The summed E-state index contributed by atoms with van der Waals surface area (Å²) in [6, 6.07) is 17.4. The van der Waals surface area contributed by atoms with E-state index in [1.807, 2.05) is 54.6 Å². The van der Waals surface area contributed by atoms with Crippen molar-refractivity contribution < 1.29 is 9.59 Å². The van der Waals surface area contributed by atoms with Gasteiger partial charge in [-0.2, -0.15) is 0 Å². The van der Waals surface area contributed by atoms with Gasteiger partial charge in [0.1, 0.15) is 14.8 Å². The zero-order valence-electron chi connectivity index (χ0n) is 13.0. The Hall–Kier alpha value is -1.83. The SMILES string of the molecule is O=C1Nc2ccccc2S[C@@H]1[C@H]1SC(=S)N(Cc2ccccc2)C1=O. The van der Waals surface area contributed by atoms with Gasteiger partial charge >= 0.3 is 0 Å². The summed E-state index contributed by atoms with van der Waals surface area (Å²) in [5.74, 6) is -0.232. The van der Waals surface area contributed by atoms with E-state index >= 15 is 0 Å². The molecule has 0 unspecified atom stereocenters. The highest BCUT2D eigenvalue weighted by Crippen LogP contribution is 2.43. The van der Waals surface area contributed by atoms with Crippen LogP contribution in [-0.2, 0) is 16.1 Å². The highest BCUT2D eigenvalue weighted by atomic mass is 32.2. The van der Waals surface area contributed by atoms with E-state index in [2.05, 4.69) is 5.32 Å². The molecule has 7 heteroatoms. The molecule has 2 amide bonds. The number of thiocarbonyl (C=S) groups is 1. The Morgan fingerprint density at radius 2 is 1.68 bits per heavy atom. The van der Waals surface area contributed by atoms with Crippen molar-refractivity contribution in [3.05, 3.63) is 60.2 Å². The maximum Gasteiger partial charge on any atom is 0.243 e. The standard InChI is InChI=1S/C18H14N2O2S3/c21-16-14(24-13-9-5-4-8-12(13)19-16)15-17(22)20(18(23)25-15)10-11-6-2-1-3-7-11/h1-9,14-15H,10H2,(H,19,21)/t14-,15-/m1/s1. The number of benzene rings is 2. The number of thioether (sulfide) groups is 2. The molecule has 0 saturated carbocycles. The Morgan fingerprint density at radius 1 is 0.960 bits per heavy atom. The molecule has 2 aliphatic heterocycles. The van der Waals surface area contributed by atoms with Crippen molar-refractivity contribution in [3.8, 4) is 0 Å². The molecular weight excluding hydrogens is 372 g/mol. The number of anilines is 1. The van der Waals surface area contributed by atoms with Gasteiger partial charge in [0.15, 0.2) is 0 Å². The highest BCUT2D eigenvalue weighted by Gasteiger charge is 2.46. The first-order valence-corrected chi connectivity index (χ1v) is 9.93. The molecule has 1 saturated heterocycles. The van der Waals surface area contributed by atoms with Crippen molar-refractivity contribution in [3.63, 3.8) is 0 Å². The quantitative estimate of drug-likeness (QED) is 0.818. The minimum Gasteiger partial charge on any atom is -0.324 e. The van der Waals surface area contributed by atoms with Crippen LogP contribution in [0.4, 0.5) is 5.69 Å². The van der Waals surface area contributed by atoms with Crippen LogP contribution in [0.1, 0.15) is 5.56 Å². The van der Waals surface area contributed by atoms with Crippen molar-refractivity contribution in [2.75, 3.05) is 5.32 Å². The summed E-state index contributed by atoms with van der Waals surface area (Å²) in [5.41, 5.74) is 1.82. The van der Waals surface area contributed by atoms with Crippen molar-refractivity contribution in [2.45, 2.75) is 21.9 Å². The lowest BCUT2D eigenvalue weighted by Gasteiger charge is -2.26. The van der Waals surface area contributed by atoms with Crippen molar-refractivity contribution in [1.29, 1.82) is 0 Å². The molecule has 25 heavy (non-hydrogen) atoms. The molecule has 1 fully saturated rings. The number of carbonyl (C=O) groups excluding carboxylic acids is 2. The third kappa shape index (κ3) is 3.19. The van der Waals surface area contributed by atoms with Gasteiger partial charge in [-0.1, -0.05) is 66.4 Å². The molecule has 0 bridgehead atoms. The van der Waals surface area contributed by atoms with Crippen LogP contribution in [-0.4, -0.2) is 31.5 Å². The second-order valence-corrected chi connectivity index (χ2v) is 8.70. The zero-order valence-corrected chi connectivity index (χ0v) is 15.5. The van der Waals surface area contributed by atoms with Crippen LogP contribution in [0.15, 0.2) is 59.5 Å². The fourth-order valence-electron chi connectivity index (χ4n) is 2.83. The van der Waals surface area contributed by atoms with Crippen LogP contribution in [0.25, 0.3) is 0 Å². The summed E-state index contributed by atoms with van der Waals surface area (Å²) in [5, 5.41) is 1.93. The Balaban J connectivity index is 1.55. The topological polar surface area (TPSA) is 49.4 Å².